The standard InChI is InChI=1S/C20H21N3/c1-13-8-4-6-10-15(13)17-18(21)23-19(22-17)16-11-7-5-9-14(16)12-20(23,2)3/h4-11H,12,21H2,1-3H3. The maximum Gasteiger partial charge on any atom is 0.143 e. The Hall–Kier alpha value is -2.55. The van der Waals surface area contributed by atoms with Gasteiger partial charge < -0.3 is 10.3 Å². The summed E-state index contributed by atoms with van der Waals surface area (Å²) < 4.78 is 2.21. The lowest BCUT2D eigenvalue weighted by Crippen LogP contribution is -2.34. The Balaban J connectivity index is 2.03. The van der Waals surface area contributed by atoms with Crippen LogP contribution in [-0.4, -0.2) is 9.55 Å². The summed E-state index contributed by atoms with van der Waals surface area (Å²) >= 11 is 0. The first-order chi connectivity index (χ1) is 11.0. The van der Waals surface area contributed by atoms with Crippen molar-refractivity contribution >= 4 is 5.82 Å². The lowest BCUT2D eigenvalue weighted by atomic mass is 9.87. The number of nitrogens with two attached hydrogens (primary N) is 1. The van der Waals surface area contributed by atoms with E-state index in [2.05, 4.69) is 61.7 Å². The molecule has 0 amide bonds. The molecule has 116 valence electrons. The zero-order valence-electron chi connectivity index (χ0n) is 13.8. The van der Waals surface area contributed by atoms with E-state index in [1.54, 1.807) is 0 Å². The van der Waals surface area contributed by atoms with Crippen molar-refractivity contribution in [2.45, 2.75) is 32.7 Å². The molecule has 1 aliphatic rings. The maximum absolute atomic E-state index is 6.56. The highest BCUT2D eigenvalue weighted by molar-refractivity contribution is 5.79. The molecule has 0 radical (unpaired) electrons. The molecule has 0 unspecified atom stereocenters. The summed E-state index contributed by atoms with van der Waals surface area (Å²) in [5, 5.41) is 0. The highest BCUT2D eigenvalue weighted by Gasteiger charge is 2.34. The fourth-order valence-corrected chi connectivity index (χ4v) is 3.70. The number of fused-ring (bicyclic) bond motifs is 3. The van der Waals surface area contributed by atoms with E-state index in [4.69, 9.17) is 10.7 Å². The fraction of sp³-hybridized carbons (Fsp3) is 0.250. The molecule has 0 aliphatic carbocycles. The second kappa shape index (κ2) is 4.72. The van der Waals surface area contributed by atoms with Crippen LogP contribution >= 0.6 is 0 Å². The Morgan fingerprint density at radius 3 is 2.39 bits per heavy atom. The highest BCUT2D eigenvalue weighted by atomic mass is 15.2. The molecular weight excluding hydrogens is 282 g/mol. The summed E-state index contributed by atoms with van der Waals surface area (Å²) in [6.07, 6.45) is 0.962. The number of aromatic nitrogens is 2. The van der Waals surface area contributed by atoms with Gasteiger partial charge in [-0.2, -0.15) is 0 Å². The van der Waals surface area contributed by atoms with Gasteiger partial charge in [-0.1, -0.05) is 48.5 Å². The number of benzene rings is 2. The third-order valence-corrected chi connectivity index (χ3v) is 4.80. The van der Waals surface area contributed by atoms with Crippen LogP contribution in [0.15, 0.2) is 48.5 Å². The van der Waals surface area contributed by atoms with Gasteiger partial charge in [-0.25, -0.2) is 4.98 Å². The van der Waals surface area contributed by atoms with Crippen molar-refractivity contribution in [3.63, 3.8) is 0 Å². The van der Waals surface area contributed by atoms with E-state index in [0.29, 0.717) is 0 Å². The number of imidazole rings is 1. The highest BCUT2D eigenvalue weighted by Crippen LogP contribution is 2.43. The van der Waals surface area contributed by atoms with Crippen molar-refractivity contribution in [3.8, 4) is 22.6 Å². The lowest BCUT2D eigenvalue weighted by molar-refractivity contribution is 0.353. The van der Waals surface area contributed by atoms with Gasteiger partial charge in [-0.05, 0) is 38.3 Å². The average molecular weight is 303 g/mol. The van der Waals surface area contributed by atoms with Gasteiger partial charge in [0.1, 0.15) is 17.3 Å². The van der Waals surface area contributed by atoms with Crippen molar-refractivity contribution in [1.29, 1.82) is 0 Å². The zero-order valence-corrected chi connectivity index (χ0v) is 13.8. The van der Waals surface area contributed by atoms with E-state index in [1.807, 2.05) is 12.1 Å². The normalized spacial score (nSPS) is 15.1. The van der Waals surface area contributed by atoms with Crippen molar-refractivity contribution in [1.82, 2.24) is 9.55 Å². The van der Waals surface area contributed by atoms with Crippen LogP contribution in [0.4, 0.5) is 5.82 Å². The molecule has 23 heavy (non-hydrogen) atoms. The van der Waals surface area contributed by atoms with Crippen molar-refractivity contribution in [2.24, 2.45) is 0 Å². The zero-order chi connectivity index (χ0) is 16.2. The largest absolute Gasteiger partial charge is 0.383 e. The first-order valence-electron chi connectivity index (χ1n) is 8.02. The van der Waals surface area contributed by atoms with E-state index >= 15 is 0 Å². The Bertz CT molecular complexity index is 903. The van der Waals surface area contributed by atoms with Gasteiger partial charge in [-0.3, -0.25) is 0 Å². The van der Waals surface area contributed by atoms with Crippen LogP contribution in [0.3, 0.4) is 0 Å². The molecule has 2 N–H and O–H groups in total. The summed E-state index contributed by atoms with van der Waals surface area (Å²) in [7, 11) is 0. The Morgan fingerprint density at radius 1 is 1.00 bits per heavy atom. The minimum Gasteiger partial charge on any atom is -0.383 e. The van der Waals surface area contributed by atoms with Gasteiger partial charge in [-0.15, -0.1) is 0 Å². The van der Waals surface area contributed by atoms with Gasteiger partial charge in [0.2, 0.25) is 0 Å². The number of nitrogen functional groups attached to an aromatic ring is 1. The van der Waals surface area contributed by atoms with Crippen LogP contribution in [0.25, 0.3) is 22.6 Å². The number of nitrogens with zero attached hydrogens (tertiary/aromatic N) is 2. The van der Waals surface area contributed by atoms with Crippen molar-refractivity contribution in [2.75, 3.05) is 5.73 Å². The van der Waals surface area contributed by atoms with E-state index in [-0.39, 0.29) is 5.54 Å². The minimum atomic E-state index is -0.0816. The van der Waals surface area contributed by atoms with Crippen LogP contribution < -0.4 is 5.73 Å². The van der Waals surface area contributed by atoms with Gasteiger partial charge >= 0.3 is 0 Å². The molecule has 3 aromatic rings. The first kappa shape index (κ1) is 14.1. The molecule has 2 aromatic carbocycles. The number of anilines is 1. The van der Waals surface area contributed by atoms with E-state index in [1.165, 1.54) is 16.7 Å². The topological polar surface area (TPSA) is 43.8 Å². The Morgan fingerprint density at radius 2 is 1.65 bits per heavy atom. The van der Waals surface area contributed by atoms with Crippen LogP contribution in [-0.2, 0) is 12.0 Å². The number of aryl methyl sites for hydroxylation is 1. The van der Waals surface area contributed by atoms with E-state index in [9.17, 15) is 0 Å². The molecule has 0 spiro atoms. The average Bonchev–Trinajstić information content (AvgIpc) is 2.86. The molecule has 1 aliphatic heterocycles. The Labute approximate surface area is 136 Å². The van der Waals surface area contributed by atoms with Gasteiger partial charge in [0.15, 0.2) is 0 Å². The molecule has 0 fully saturated rings. The third kappa shape index (κ3) is 2.00. The first-order valence-corrected chi connectivity index (χ1v) is 8.02. The maximum atomic E-state index is 6.56. The molecule has 3 nitrogen and oxygen atoms in total. The molecular formula is C20H21N3. The van der Waals surface area contributed by atoms with Crippen LogP contribution in [0, 0.1) is 6.92 Å². The number of rotatable bonds is 1. The summed E-state index contributed by atoms with van der Waals surface area (Å²) in [6.45, 7) is 6.56. The summed E-state index contributed by atoms with van der Waals surface area (Å²) in [5.41, 5.74) is 12.2. The fourth-order valence-electron chi connectivity index (χ4n) is 3.70. The van der Waals surface area contributed by atoms with Crippen molar-refractivity contribution < 1.29 is 0 Å². The Kier molecular flexibility index (Phi) is 2.89. The molecule has 3 heteroatoms. The lowest BCUT2D eigenvalue weighted by Gasteiger charge is -2.34. The molecule has 2 heterocycles. The van der Waals surface area contributed by atoms with Crippen LogP contribution in [0.5, 0.6) is 0 Å². The smallest absolute Gasteiger partial charge is 0.143 e. The predicted molar refractivity (Wildman–Crippen MR) is 95.3 cm³/mol. The molecule has 0 atom stereocenters. The number of hydrogen-bond acceptors (Lipinski definition) is 2. The summed E-state index contributed by atoms with van der Waals surface area (Å²) in [5.74, 6) is 1.74. The van der Waals surface area contributed by atoms with E-state index < -0.39 is 0 Å². The minimum absolute atomic E-state index is 0.0816. The summed E-state index contributed by atoms with van der Waals surface area (Å²) in [4.78, 5) is 4.96. The van der Waals surface area contributed by atoms with E-state index in [0.717, 1.165) is 29.3 Å². The number of hydrogen-bond donors (Lipinski definition) is 1. The molecule has 0 saturated heterocycles. The third-order valence-electron chi connectivity index (χ3n) is 4.80. The van der Waals surface area contributed by atoms with Gasteiger partial charge in [0.05, 0.1) is 0 Å². The quantitative estimate of drug-likeness (QED) is 0.724. The van der Waals surface area contributed by atoms with Gasteiger partial charge in [0.25, 0.3) is 0 Å². The SMILES string of the molecule is Cc1ccccc1-c1nc2n(c1N)C(C)(C)Cc1ccccc1-2. The summed E-state index contributed by atoms with van der Waals surface area (Å²) in [6, 6.07) is 16.8. The molecule has 0 saturated carbocycles. The van der Waals surface area contributed by atoms with Crippen LogP contribution in [0.1, 0.15) is 25.0 Å². The molecule has 0 bridgehead atoms. The van der Waals surface area contributed by atoms with Crippen LogP contribution in [0.2, 0.25) is 0 Å². The molecule has 1 aromatic heterocycles. The van der Waals surface area contributed by atoms with Gasteiger partial charge in [0, 0.05) is 16.7 Å². The van der Waals surface area contributed by atoms with Crippen molar-refractivity contribution in [3.05, 3.63) is 59.7 Å². The second-order valence-electron chi connectivity index (χ2n) is 6.97. The second-order valence-corrected chi connectivity index (χ2v) is 6.97. The molecule has 4 rings (SSSR count). The monoisotopic (exact) mass is 303 g/mol. The predicted octanol–water partition coefficient (Wildman–Crippen LogP) is 4.40.